The summed E-state index contributed by atoms with van der Waals surface area (Å²) in [4.78, 5) is 32.8. The van der Waals surface area contributed by atoms with E-state index in [-0.39, 0.29) is 6.54 Å². The average molecular weight is 346 g/mol. The number of ether oxygens (including phenoxy) is 1. The molecule has 0 heterocycles. The predicted molar refractivity (Wildman–Crippen MR) is 73.0 cm³/mol. The Bertz CT molecular complexity index is 418. The van der Waals surface area contributed by atoms with E-state index in [4.69, 9.17) is 19.7 Å². The number of nitrogens with one attached hydrogen (secondary N) is 1. The monoisotopic (exact) mass is 346 g/mol. The van der Waals surface area contributed by atoms with Gasteiger partial charge in [0.2, 0.25) is 0 Å². The highest BCUT2D eigenvalue weighted by Gasteiger charge is 2.38. The molecule has 0 saturated heterocycles. The molecular weight excluding hydrogens is 325 g/mol. The van der Waals surface area contributed by atoms with Gasteiger partial charge in [-0.15, -0.1) is 0 Å². The van der Waals surface area contributed by atoms with Crippen LogP contribution in [-0.4, -0.2) is 71.6 Å². The molecule has 136 valence electrons. The number of carbonyl (C=O) groups is 3. The summed E-state index contributed by atoms with van der Waals surface area (Å²) < 4.78 is 36.7. The van der Waals surface area contributed by atoms with Crippen molar-refractivity contribution in [2.24, 2.45) is 0 Å². The third-order valence-corrected chi connectivity index (χ3v) is 1.78. The molecule has 0 aliphatic heterocycles. The normalized spacial score (nSPS) is 12.7. The van der Waals surface area contributed by atoms with Crippen LogP contribution in [0.5, 0.6) is 0 Å². The molecule has 0 fully saturated rings. The number of carboxylic acid groups (broad SMARTS) is 2. The number of nitrogens with zero attached hydrogens (tertiary/aromatic N) is 1. The molecular formula is C12H21F3N2O6. The molecule has 0 aliphatic carbocycles. The first kappa shape index (κ1) is 23.2. The predicted octanol–water partition coefficient (Wildman–Crippen LogP) is 1.16. The van der Waals surface area contributed by atoms with Crippen molar-refractivity contribution in [2.75, 3.05) is 20.6 Å². The first-order valence-corrected chi connectivity index (χ1v) is 6.23. The van der Waals surface area contributed by atoms with Crippen LogP contribution in [0.1, 0.15) is 20.8 Å². The standard InChI is InChI=1S/C10H20N2O4.C2HF3O2/c1-10(2,3)16-9(15)11-7(8(13)14)6-12(4)5;3-2(4,5)1(6)7/h7H,6H2,1-5H3,(H,11,15)(H,13,14);(H,6,7)/t7-;/m0./s1. The largest absolute Gasteiger partial charge is 0.490 e. The van der Waals surface area contributed by atoms with E-state index in [1.165, 1.54) is 0 Å². The van der Waals surface area contributed by atoms with E-state index < -0.39 is 35.9 Å². The lowest BCUT2D eigenvalue weighted by Gasteiger charge is -2.23. The molecule has 0 aromatic heterocycles. The smallest absolute Gasteiger partial charge is 0.480 e. The van der Waals surface area contributed by atoms with Gasteiger partial charge in [-0.05, 0) is 34.9 Å². The molecule has 1 amide bonds. The van der Waals surface area contributed by atoms with Gasteiger partial charge in [0, 0.05) is 6.54 Å². The number of halogens is 3. The Balaban J connectivity index is 0. The van der Waals surface area contributed by atoms with Crippen LogP contribution >= 0.6 is 0 Å². The Morgan fingerprint density at radius 2 is 1.52 bits per heavy atom. The number of hydrogen-bond acceptors (Lipinski definition) is 5. The van der Waals surface area contributed by atoms with Crippen LogP contribution in [0.4, 0.5) is 18.0 Å². The summed E-state index contributed by atoms with van der Waals surface area (Å²) in [5.41, 5.74) is -0.634. The van der Waals surface area contributed by atoms with E-state index in [9.17, 15) is 22.8 Å². The third-order valence-electron chi connectivity index (χ3n) is 1.78. The van der Waals surface area contributed by atoms with Gasteiger partial charge >= 0.3 is 24.2 Å². The fraction of sp³-hybridized carbons (Fsp3) is 0.750. The summed E-state index contributed by atoms with van der Waals surface area (Å²) in [6.45, 7) is 5.37. The molecule has 0 saturated carbocycles. The van der Waals surface area contributed by atoms with Gasteiger partial charge in [-0.25, -0.2) is 14.4 Å². The highest BCUT2D eigenvalue weighted by atomic mass is 19.4. The fourth-order valence-electron chi connectivity index (χ4n) is 1.00. The number of aliphatic carboxylic acids is 2. The highest BCUT2D eigenvalue weighted by Crippen LogP contribution is 2.13. The second kappa shape index (κ2) is 9.18. The van der Waals surface area contributed by atoms with Crippen molar-refractivity contribution in [1.82, 2.24) is 10.2 Å². The molecule has 8 nitrogen and oxygen atoms in total. The molecule has 11 heteroatoms. The first-order valence-electron chi connectivity index (χ1n) is 6.23. The van der Waals surface area contributed by atoms with Gasteiger partial charge in [0.25, 0.3) is 0 Å². The second-order valence-corrected chi connectivity index (χ2v) is 5.60. The van der Waals surface area contributed by atoms with E-state index in [1.807, 2.05) is 0 Å². The first-order chi connectivity index (χ1) is 10.1. The number of carbonyl (C=O) groups excluding carboxylic acids is 1. The lowest BCUT2D eigenvalue weighted by Crippen LogP contribution is -2.48. The van der Waals surface area contributed by atoms with Crippen LogP contribution in [0.3, 0.4) is 0 Å². The molecule has 0 aromatic carbocycles. The number of rotatable bonds is 4. The van der Waals surface area contributed by atoms with Crippen LogP contribution in [0, 0.1) is 0 Å². The van der Waals surface area contributed by atoms with E-state index in [2.05, 4.69) is 5.32 Å². The Kier molecular flexibility index (Phi) is 9.27. The zero-order valence-electron chi connectivity index (χ0n) is 13.4. The number of likely N-dealkylation sites (N-methyl/N-ethyl adjacent to an activating group) is 1. The molecule has 1 atom stereocenters. The molecule has 0 aliphatic rings. The molecule has 23 heavy (non-hydrogen) atoms. The van der Waals surface area contributed by atoms with Crippen molar-refractivity contribution in [3.8, 4) is 0 Å². The summed E-state index contributed by atoms with van der Waals surface area (Å²) in [5, 5.41) is 18.3. The Hall–Kier alpha value is -2.04. The van der Waals surface area contributed by atoms with Crippen molar-refractivity contribution in [3.63, 3.8) is 0 Å². The zero-order valence-corrected chi connectivity index (χ0v) is 13.4. The number of alkyl halides is 3. The maximum atomic E-state index is 11.3. The van der Waals surface area contributed by atoms with Gasteiger partial charge in [-0.2, -0.15) is 13.2 Å². The van der Waals surface area contributed by atoms with Crippen molar-refractivity contribution < 1.29 is 42.5 Å². The highest BCUT2D eigenvalue weighted by molar-refractivity contribution is 5.80. The van der Waals surface area contributed by atoms with E-state index in [0.717, 1.165) is 0 Å². The number of carboxylic acids is 2. The van der Waals surface area contributed by atoms with Crippen LogP contribution in [0.15, 0.2) is 0 Å². The van der Waals surface area contributed by atoms with Gasteiger partial charge in [0.1, 0.15) is 11.6 Å². The summed E-state index contributed by atoms with van der Waals surface area (Å²) in [5.74, 6) is -3.84. The number of amides is 1. The van der Waals surface area contributed by atoms with Gasteiger partial charge in [-0.1, -0.05) is 0 Å². The molecule has 0 rings (SSSR count). The van der Waals surface area contributed by atoms with Crippen LogP contribution in [0.2, 0.25) is 0 Å². The van der Waals surface area contributed by atoms with E-state index >= 15 is 0 Å². The fourth-order valence-corrected chi connectivity index (χ4v) is 1.00. The third kappa shape index (κ3) is 14.7. The average Bonchev–Trinajstić information content (AvgIpc) is 2.23. The molecule has 0 radical (unpaired) electrons. The van der Waals surface area contributed by atoms with Gasteiger partial charge in [0.15, 0.2) is 0 Å². The van der Waals surface area contributed by atoms with Crippen LogP contribution in [-0.2, 0) is 14.3 Å². The molecule has 3 N–H and O–H groups in total. The van der Waals surface area contributed by atoms with Crippen molar-refractivity contribution >= 4 is 18.0 Å². The molecule has 0 unspecified atom stereocenters. The van der Waals surface area contributed by atoms with Crippen molar-refractivity contribution in [2.45, 2.75) is 38.6 Å². The Labute approximate surface area is 131 Å². The quantitative estimate of drug-likeness (QED) is 0.699. The van der Waals surface area contributed by atoms with Gasteiger partial charge < -0.3 is 25.2 Å². The van der Waals surface area contributed by atoms with Crippen molar-refractivity contribution in [3.05, 3.63) is 0 Å². The van der Waals surface area contributed by atoms with Crippen LogP contribution in [0.25, 0.3) is 0 Å². The summed E-state index contributed by atoms with van der Waals surface area (Å²) in [6, 6.07) is -0.968. The van der Waals surface area contributed by atoms with Crippen molar-refractivity contribution in [1.29, 1.82) is 0 Å². The summed E-state index contributed by atoms with van der Waals surface area (Å²) in [7, 11) is 3.46. The lowest BCUT2D eigenvalue weighted by atomic mass is 10.2. The number of alkyl carbamates (subject to hydrolysis) is 1. The van der Waals surface area contributed by atoms with Crippen LogP contribution < -0.4 is 5.32 Å². The minimum atomic E-state index is -5.08. The minimum Gasteiger partial charge on any atom is -0.480 e. The number of hydrogen-bond donors (Lipinski definition) is 3. The van der Waals surface area contributed by atoms with Gasteiger partial charge in [0.05, 0.1) is 0 Å². The maximum Gasteiger partial charge on any atom is 0.490 e. The lowest BCUT2D eigenvalue weighted by molar-refractivity contribution is -0.192. The minimum absolute atomic E-state index is 0.217. The van der Waals surface area contributed by atoms with Gasteiger partial charge in [-0.3, -0.25) is 0 Å². The van der Waals surface area contributed by atoms with E-state index in [0.29, 0.717) is 0 Å². The summed E-state index contributed by atoms with van der Waals surface area (Å²) in [6.07, 6.45) is -5.80. The SMILES string of the molecule is CN(C)C[C@H](NC(=O)OC(C)(C)C)C(=O)O.O=C(O)C(F)(F)F. The summed E-state index contributed by atoms with van der Waals surface area (Å²) >= 11 is 0. The maximum absolute atomic E-state index is 11.3. The van der Waals surface area contributed by atoms with E-state index in [1.54, 1.807) is 39.8 Å². The topological polar surface area (TPSA) is 116 Å². The molecule has 0 bridgehead atoms. The zero-order chi connectivity index (χ0) is 19.0. The second-order valence-electron chi connectivity index (χ2n) is 5.60. The Morgan fingerprint density at radius 3 is 1.74 bits per heavy atom. The molecule has 0 aromatic rings. The molecule has 0 spiro atoms. The Morgan fingerprint density at radius 1 is 1.13 bits per heavy atom.